The van der Waals surface area contributed by atoms with E-state index in [1.807, 2.05) is 19.4 Å². The summed E-state index contributed by atoms with van der Waals surface area (Å²) in [5.41, 5.74) is 2.69. The Balaban J connectivity index is 2.88. The summed E-state index contributed by atoms with van der Waals surface area (Å²) in [5.74, 6) is 0.549. The highest BCUT2D eigenvalue weighted by Gasteiger charge is 2.16. The van der Waals surface area contributed by atoms with Crippen LogP contribution in [0.25, 0.3) is 0 Å². The van der Waals surface area contributed by atoms with E-state index in [1.165, 1.54) is 11.1 Å². The fourth-order valence-electron chi connectivity index (χ4n) is 2.02. The fourth-order valence-corrected chi connectivity index (χ4v) is 2.02. The minimum absolute atomic E-state index is 0.549. The van der Waals surface area contributed by atoms with Crippen molar-refractivity contribution in [2.75, 3.05) is 7.05 Å². The summed E-state index contributed by atoms with van der Waals surface area (Å²) in [5, 5.41) is 3.36. The molecule has 0 aliphatic rings. The van der Waals surface area contributed by atoms with Crippen LogP contribution in [-0.2, 0) is 0 Å². The zero-order valence-electron chi connectivity index (χ0n) is 9.54. The van der Waals surface area contributed by atoms with Crippen molar-refractivity contribution in [3.05, 3.63) is 29.6 Å². The van der Waals surface area contributed by atoms with Gasteiger partial charge in [-0.2, -0.15) is 0 Å². The van der Waals surface area contributed by atoms with E-state index in [0.29, 0.717) is 12.0 Å². The third-order valence-electron chi connectivity index (χ3n) is 2.97. The summed E-state index contributed by atoms with van der Waals surface area (Å²) >= 11 is 0. The first-order chi connectivity index (χ1) is 6.70. The molecule has 0 bridgehead atoms. The van der Waals surface area contributed by atoms with Crippen molar-refractivity contribution in [3.8, 4) is 0 Å². The first-order valence-corrected chi connectivity index (χ1v) is 5.28. The molecule has 2 heteroatoms. The van der Waals surface area contributed by atoms with Gasteiger partial charge in [0.2, 0.25) is 0 Å². The van der Waals surface area contributed by atoms with Gasteiger partial charge in [0.1, 0.15) is 0 Å². The van der Waals surface area contributed by atoms with Crippen LogP contribution in [0.15, 0.2) is 18.5 Å². The second kappa shape index (κ2) is 5.11. The Bertz CT molecular complexity index is 279. The lowest BCUT2D eigenvalue weighted by atomic mass is 9.90. The molecule has 0 amide bonds. The number of aromatic nitrogens is 1. The number of nitrogens with zero attached hydrogens (tertiary/aromatic N) is 1. The third-order valence-corrected chi connectivity index (χ3v) is 2.97. The van der Waals surface area contributed by atoms with Gasteiger partial charge in [-0.1, -0.05) is 13.8 Å². The van der Waals surface area contributed by atoms with Crippen LogP contribution in [0.5, 0.6) is 0 Å². The topological polar surface area (TPSA) is 24.9 Å². The van der Waals surface area contributed by atoms with Crippen molar-refractivity contribution in [2.45, 2.75) is 39.2 Å². The number of rotatable bonds is 4. The molecule has 0 spiro atoms. The van der Waals surface area contributed by atoms with Gasteiger partial charge in [0, 0.05) is 18.4 Å². The van der Waals surface area contributed by atoms with Gasteiger partial charge in [0.25, 0.3) is 0 Å². The van der Waals surface area contributed by atoms with Crippen LogP contribution in [0.2, 0.25) is 0 Å². The Labute approximate surface area is 86.8 Å². The van der Waals surface area contributed by atoms with Gasteiger partial charge in [-0.25, -0.2) is 0 Å². The molecule has 1 N–H and O–H groups in total. The quantitative estimate of drug-likeness (QED) is 0.792. The number of pyridine rings is 1. The summed E-state index contributed by atoms with van der Waals surface area (Å²) in [6.07, 6.45) is 4.97. The van der Waals surface area contributed by atoms with Gasteiger partial charge in [-0.05, 0) is 43.5 Å². The molecule has 0 saturated heterocycles. The maximum atomic E-state index is 4.12. The summed E-state index contributed by atoms with van der Waals surface area (Å²) in [6, 6.07) is 2.68. The van der Waals surface area contributed by atoms with Crippen LogP contribution < -0.4 is 5.32 Å². The average molecular weight is 192 g/mol. The van der Waals surface area contributed by atoms with Crippen molar-refractivity contribution < 1.29 is 0 Å². The maximum Gasteiger partial charge on any atom is 0.0299 e. The largest absolute Gasteiger partial charge is 0.316 e. The first-order valence-electron chi connectivity index (χ1n) is 5.28. The van der Waals surface area contributed by atoms with Crippen LogP contribution in [0.1, 0.15) is 37.3 Å². The van der Waals surface area contributed by atoms with E-state index in [9.17, 15) is 0 Å². The van der Waals surface area contributed by atoms with Gasteiger partial charge >= 0.3 is 0 Å². The summed E-state index contributed by atoms with van der Waals surface area (Å²) < 4.78 is 0. The standard InChI is InChI=1S/C12H20N2/c1-5-12(13-4)10(3)11-6-7-14-8-9(11)2/h6-8,10,12-13H,5H2,1-4H3. The summed E-state index contributed by atoms with van der Waals surface area (Å²) in [4.78, 5) is 4.12. The second-order valence-corrected chi connectivity index (χ2v) is 3.82. The van der Waals surface area contributed by atoms with E-state index in [4.69, 9.17) is 0 Å². The average Bonchev–Trinajstić information content (AvgIpc) is 2.20. The number of nitrogens with one attached hydrogen (secondary N) is 1. The highest BCUT2D eigenvalue weighted by molar-refractivity contribution is 5.26. The Hall–Kier alpha value is -0.890. The molecule has 78 valence electrons. The van der Waals surface area contributed by atoms with Crippen molar-refractivity contribution in [1.82, 2.24) is 10.3 Å². The van der Waals surface area contributed by atoms with Crippen LogP contribution in [0.3, 0.4) is 0 Å². The van der Waals surface area contributed by atoms with Gasteiger partial charge in [-0.3, -0.25) is 4.98 Å². The zero-order chi connectivity index (χ0) is 10.6. The van der Waals surface area contributed by atoms with E-state index in [2.05, 4.69) is 37.1 Å². The zero-order valence-corrected chi connectivity index (χ0v) is 9.54. The van der Waals surface area contributed by atoms with E-state index in [-0.39, 0.29) is 0 Å². The van der Waals surface area contributed by atoms with Crippen molar-refractivity contribution in [2.24, 2.45) is 0 Å². The Morgan fingerprint density at radius 3 is 2.71 bits per heavy atom. The molecule has 2 atom stereocenters. The van der Waals surface area contributed by atoms with Crippen molar-refractivity contribution in [1.29, 1.82) is 0 Å². The van der Waals surface area contributed by atoms with Crippen LogP contribution in [0, 0.1) is 6.92 Å². The van der Waals surface area contributed by atoms with Crippen molar-refractivity contribution in [3.63, 3.8) is 0 Å². The molecule has 1 aromatic heterocycles. The van der Waals surface area contributed by atoms with Gasteiger partial charge in [0.15, 0.2) is 0 Å². The predicted molar refractivity (Wildman–Crippen MR) is 60.5 cm³/mol. The van der Waals surface area contributed by atoms with Crippen molar-refractivity contribution >= 4 is 0 Å². The van der Waals surface area contributed by atoms with E-state index >= 15 is 0 Å². The lowest BCUT2D eigenvalue weighted by molar-refractivity contribution is 0.471. The number of hydrogen-bond acceptors (Lipinski definition) is 2. The first kappa shape index (κ1) is 11.2. The molecule has 0 fully saturated rings. The van der Waals surface area contributed by atoms with Crippen LogP contribution in [-0.4, -0.2) is 18.1 Å². The number of likely N-dealkylation sites (N-methyl/N-ethyl adjacent to an activating group) is 1. The van der Waals surface area contributed by atoms with Crippen LogP contribution in [0.4, 0.5) is 0 Å². The van der Waals surface area contributed by atoms with Gasteiger partial charge in [-0.15, -0.1) is 0 Å². The normalized spacial score (nSPS) is 15.1. The minimum Gasteiger partial charge on any atom is -0.316 e. The Morgan fingerprint density at radius 1 is 1.50 bits per heavy atom. The molecule has 2 unspecified atom stereocenters. The Morgan fingerprint density at radius 2 is 2.21 bits per heavy atom. The minimum atomic E-state index is 0.549. The number of hydrogen-bond donors (Lipinski definition) is 1. The summed E-state index contributed by atoms with van der Waals surface area (Å²) in [7, 11) is 2.03. The SMILES string of the molecule is CCC(NC)C(C)c1ccncc1C. The molecule has 2 nitrogen and oxygen atoms in total. The highest BCUT2D eigenvalue weighted by Crippen LogP contribution is 2.23. The molecular weight excluding hydrogens is 172 g/mol. The summed E-state index contributed by atoms with van der Waals surface area (Å²) in [6.45, 7) is 6.61. The number of aryl methyl sites for hydroxylation is 1. The maximum absolute atomic E-state index is 4.12. The lowest BCUT2D eigenvalue weighted by Gasteiger charge is -2.23. The molecule has 1 heterocycles. The van der Waals surface area contributed by atoms with E-state index in [0.717, 1.165) is 6.42 Å². The highest BCUT2D eigenvalue weighted by atomic mass is 14.9. The smallest absolute Gasteiger partial charge is 0.0299 e. The predicted octanol–water partition coefficient (Wildman–Crippen LogP) is 2.49. The van der Waals surface area contributed by atoms with E-state index < -0.39 is 0 Å². The van der Waals surface area contributed by atoms with Gasteiger partial charge in [0.05, 0.1) is 0 Å². The van der Waals surface area contributed by atoms with Crippen LogP contribution >= 0.6 is 0 Å². The molecule has 0 radical (unpaired) electrons. The fraction of sp³-hybridized carbons (Fsp3) is 0.583. The molecule has 0 aliphatic heterocycles. The molecule has 0 aromatic carbocycles. The third kappa shape index (κ3) is 2.32. The molecular formula is C12H20N2. The molecule has 0 saturated carbocycles. The second-order valence-electron chi connectivity index (χ2n) is 3.82. The molecule has 14 heavy (non-hydrogen) atoms. The molecule has 1 aromatic rings. The lowest BCUT2D eigenvalue weighted by Crippen LogP contribution is -2.30. The Kier molecular flexibility index (Phi) is 4.08. The molecule has 1 rings (SSSR count). The monoisotopic (exact) mass is 192 g/mol. The molecule has 0 aliphatic carbocycles. The van der Waals surface area contributed by atoms with Gasteiger partial charge < -0.3 is 5.32 Å². The van der Waals surface area contributed by atoms with E-state index in [1.54, 1.807) is 0 Å².